The Kier molecular flexibility index (Phi) is 3.96. The maximum absolute atomic E-state index is 13.2. The van der Waals surface area contributed by atoms with E-state index in [1.54, 1.807) is 0 Å². The normalized spacial score (nSPS) is 14.7. The standard InChI is InChI=1S/C10H15F2N3/c1-6(13)3-7(2)15-10-9(12)4-8(11)5-14-10/h4-7H,3,13H2,1-2H3,(H,14,15). The van der Waals surface area contributed by atoms with Crippen LogP contribution in [0.2, 0.25) is 0 Å². The van der Waals surface area contributed by atoms with Crippen LogP contribution in [0.4, 0.5) is 14.6 Å². The van der Waals surface area contributed by atoms with Gasteiger partial charge in [-0.25, -0.2) is 13.8 Å². The van der Waals surface area contributed by atoms with Gasteiger partial charge in [0.05, 0.1) is 6.20 Å². The first kappa shape index (κ1) is 11.8. The fourth-order valence-electron chi connectivity index (χ4n) is 1.37. The van der Waals surface area contributed by atoms with Crippen molar-refractivity contribution >= 4 is 5.82 Å². The van der Waals surface area contributed by atoms with Crippen molar-refractivity contribution in [2.24, 2.45) is 5.73 Å². The minimum absolute atomic E-state index is 0.00235. The fraction of sp³-hybridized carbons (Fsp3) is 0.500. The molecule has 0 aliphatic heterocycles. The van der Waals surface area contributed by atoms with Gasteiger partial charge in [0.25, 0.3) is 0 Å². The fourth-order valence-corrected chi connectivity index (χ4v) is 1.37. The topological polar surface area (TPSA) is 50.9 Å². The summed E-state index contributed by atoms with van der Waals surface area (Å²) >= 11 is 0. The van der Waals surface area contributed by atoms with Gasteiger partial charge in [-0.1, -0.05) is 0 Å². The van der Waals surface area contributed by atoms with Crippen LogP contribution in [0, 0.1) is 11.6 Å². The van der Waals surface area contributed by atoms with Crippen LogP contribution in [0.5, 0.6) is 0 Å². The van der Waals surface area contributed by atoms with Gasteiger partial charge in [0.1, 0.15) is 5.82 Å². The number of nitrogens with zero attached hydrogens (tertiary/aromatic N) is 1. The lowest BCUT2D eigenvalue weighted by Crippen LogP contribution is -2.26. The van der Waals surface area contributed by atoms with Gasteiger partial charge >= 0.3 is 0 Å². The summed E-state index contributed by atoms with van der Waals surface area (Å²) in [6.45, 7) is 3.74. The molecule has 3 N–H and O–H groups in total. The van der Waals surface area contributed by atoms with E-state index >= 15 is 0 Å². The Labute approximate surface area is 87.7 Å². The van der Waals surface area contributed by atoms with Crippen molar-refractivity contribution in [3.63, 3.8) is 0 Å². The summed E-state index contributed by atoms with van der Waals surface area (Å²) in [4.78, 5) is 3.62. The Bertz CT molecular complexity index is 328. The number of rotatable bonds is 4. The molecule has 0 spiro atoms. The molecule has 0 saturated heterocycles. The monoisotopic (exact) mass is 215 g/mol. The first-order valence-corrected chi connectivity index (χ1v) is 4.82. The van der Waals surface area contributed by atoms with E-state index in [4.69, 9.17) is 5.73 Å². The van der Waals surface area contributed by atoms with Gasteiger partial charge in [0.15, 0.2) is 11.6 Å². The Morgan fingerprint density at radius 3 is 2.67 bits per heavy atom. The van der Waals surface area contributed by atoms with Crippen LogP contribution in [-0.2, 0) is 0 Å². The zero-order chi connectivity index (χ0) is 11.4. The van der Waals surface area contributed by atoms with Crippen LogP contribution in [0.1, 0.15) is 20.3 Å². The lowest BCUT2D eigenvalue weighted by molar-refractivity contribution is 0.564. The maximum atomic E-state index is 13.2. The van der Waals surface area contributed by atoms with E-state index in [2.05, 4.69) is 10.3 Å². The number of aromatic nitrogens is 1. The second-order valence-electron chi connectivity index (χ2n) is 3.74. The smallest absolute Gasteiger partial charge is 0.168 e. The summed E-state index contributed by atoms with van der Waals surface area (Å²) in [5, 5.41) is 2.84. The molecule has 0 aliphatic carbocycles. The Hall–Kier alpha value is -1.23. The lowest BCUT2D eigenvalue weighted by atomic mass is 10.1. The summed E-state index contributed by atoms with van der Waals surface area (Å²) in [7, 11) is 0. The molecule has 5 heteroatoms. The molecule has 2 unspecified atom stereocenters. The molecule has 0 saturated carbocycles. The first-order chi connectivity index (χ1) is 6.99. The molecular formula is C10H15F2N3. The number of halogens is 2. The van der Waals surface area contributed by atoms with Crippen molar-refractivity contribution in [1.29, 1.82) is 0 Å². The number of nitrogens with two attached hydrogens (primary N) is 1. The zero-order valence-corrected chi connectivity index (χ0v) is 8.80. The van der Waals surface area contributed by atoms with Crippen LogP contribution in [0.25, 0.3) is 0 Å². The number of hydrogen-bond acceptors (Lipinski definition) is 3. The van der Waals surface area contributed by atoms with Gasteiger partial charge < -0.3 is 11.1 Å². The molecule has 84 valence electrons. The van der Waals surface area contributed by atoms with Gasteiger partial charge in [-0.05, 0) is 20.3 Å². The Morgan fingerprint density at radius 2 is 2.13 bits per heavy atom. The molecule has 0 bridgehead atoms. The van der Waals surface area contributed by atoms with Crippen LogP contribution in [0.3, 0.4) is 0 Å². The largest absolute Gasteiger partial charge is 0.365 e. The highest BCUT2D eigenvalue weighted by molar-refractivity contribution is 5.36. The Morgan fingerprint density at radius 1 is 1.47 bits per heavy atom. The minimum Gasteiger partial charge on any atom is -0.365 e. The van der Waals surface area contributed by atoms with E-state index in [9.17, 15) is 8.78 Å². The molecule has 1 aromatic rings. The molecule has 1 heterocycles. The molecule has 0 aliphatic rings. The van der Waals surface area contributed by atoms with Crippen molar-refractivity contribution in [3.05, 3.63) is 23.9 Å². The third-order valence-corrected chi connectivity index (χ3v) is 1.92. The molecule has 15 heavy (non-hydrogen) atoms. The summed E-state index contributed by atoms with van der Waals surface area (Å²) < 4.78 is 25.7. The van der Waals surface area contributed by atoms with Gasteiger partial charge in [-0.15, -0.1) is 0 Å². The van der Waals surface area contributed by atoms with E-state index in [-0.39, 0.29) is 17.9 Å². The quantitative estimate of drug-likeness (QED) is 0.806. The van der Waals surface area contributed by atoms with Crippen LogP contribution >= 0.6 is 0 Å². The molecule has 0 radical (unpaired) electrons. The molecule has 0 amide bonds. The van der Waals surface area contributed by atoms with Crippen molar-refractivity contribution in [1.82, 2.24) is 4.98 Å². The average Bonchev–Trinajstić information content (AvgIpc) is 2.08. The van der Waals surface area contributed by atoms with E-state index in [1.807, 2.05) is 13.8 Å². The van der Waals surface area contributed by atoms with E-state index in [0.29, 0.717) is 6.42 Å². The summed E-state index contributed by atoms with van der Waals surface area (Å²) in [5.41, 5.74) is 5.59. The van der Waals surface area contributed by atoms with Crippen LogP contribution in [-0.4, -0.2) is 17.1 Å². The van der Waals surface area contributed by atoms with Crippen molar-refractivity contribution in [2.75, 3.05) is 5.32 Å². The zero-order valence-electron chi connectivity index (χ0n) is 8.80. The van der Waals surface area contributed by atoms with Gasteiger partial charge in [-0.3, -0.25) is 0 Å². The highest BCUT2D eigenvalue weighted by atomic mass is 19.1. The number of anilines is 1. The molecule has 0 fully saturated rings. The average molecular weight is 215 g/mol. The number of pyridine rings is 1. The van der Waals surface area contributed by atoms with E-state index in [0.717, 1.165) is 12.3 Å². The maximum Gasteiger partial charge on any atom is 0.168 e. The van der Waals surface area contributed by atoms with Gasteiger partial charge in [-0.2, -0.15) is 0 Å². The summed E-state index contributed by atoms with van der Waals surface area (Å²) in [6, 6.07) is 0.821. The second-order valence-corrected chi connectivity index (χ2v) is 3.74. The third kappa shape index (κ3) is 3.79. The Balaban J connectivity index is 2.64. The van der Waals surface area contributed by atoms with Crippen molar-refractivity contribution in [2.45, 2.75) is 32.4 Å². The predicted octanol–water partition coefficient (Wildman–Crippen LogP) is 1.90. The number of nitrogens with one attached hydrogen (secondary N) is 1. The second kappa shape index (κ2) is 5.02. The van der Waals surface area contributed by atoms with Crippen molar-refractivity contribution in [3.8, 4) is 0 Å². The molecule has 3 nitrogen and oxygen atoms in total. The molecular weight excluding hydrogens is 200 g/mol. The van der Waals surface area contributed by atoms with Gasteiger partial charge in [0.2, 0.25) is 0 Å². The highest BCUT2D eigenvalue weighted by Crippen LogP contribution is 2.13. The molecule has 0 aromatic carbocycles. The third-order valence-electron chi connectivity index (χ3n) is 1.92. The molecule has 1 rings (SSSR count). The van der Waals surface area contributed by atoms with Crippen LogP contribution in [0.15, 0.2) is 12.3 Å². The van der Waals surface area contributed by atoms with Gasteiger partial charge in [0, 0.05) is 18.2 Å². The summed E-state index contributed by atoms with van der Waals surface area (Å²) in [5.74, 6) is -1.31. The highest BCUT2D eigenvalue weighted by Gasteiger charge is 2.10. The molecule has 2 atom stereocenters. The molecule has 1 aromatic heterocycles. The lowest BCUT2D eigenvalue weighted by Gasteiger charge is -2.16. The SMILES string of the molecule is CC(N)CC(C)Nc1ncc(F)cc1F. The van der Waals surface area contributed by atoms with Crippen LogP contribution < -0.4 is 11.1 Å². The number of hydrogen-bond donors (Lipinski definition) is 2. The first-order valence-electron chi connectivity index (χ1n) is 4.82. The summed E-state index contributed by atoms with van der Waals surface area (Å²) in [6.07, 6.45) is 1.67. The van der Waals surface area contributed by atoms with E-state index < -0.39 is 11.6 Å². The van der Waals surface area contributed by atoms with E-state index in [1.165, 1.54) is 0 Å². The van der Waals surface area contributed by atoms with Crippen molar-refractivity contribution < 1.29 is 8.78 Å². The minimum atomic E-state index is -0.688. The predicted molar refractivity (Wildman–Crippen MR) is 55.5 cm³/mol.